The number of nitrogens with one attached hydrogen (secondary N) is 1. The molecule has 1 N–H and O–H groups in total. The molecule has 20 heavy (non-hydrogen) atoms. The Hall–Kier alpha value is -0.930. The average Bonchev–Trinajstić information content (AvgIpc) is 3.26. The van der Waals surface area contributed by atoms with Crippen LogP contribution in [-0.4, -0.2) is 30.1 Å². The standard InChI is InChI=1S/C17H25FN2/c1-13(14-4-8-16(18)9-5-14)20-11-3-10-19-17(2,12-20)15-6-7-15/h4-5,8-9,13,15,19H,3,6-7,10-12H2,1-2H3. The van der Waals surface area contributed by atoms with Gasteiger partial charge in [0.2, 0.25) is 0 Å². The van der Waals surface area contributed by atoms with Gasteiger partial charge in [-0.3, -0.25) is 4.90 Å². The number of hydrogen-bond acceptors (Lipinski definition) is 2. The van der Waals surface area contributed by atoms with Crippen LogP contribution in [0.5, 0.6) is 0 Å². The maximum atomic E-state index is 13.1. The van der Waals surface area contributed by atoms with E-state index >= 15 is 0 Å². The molecule has 1 aromatic carbocycles. The molecule has 110 valence electrons. The van der Waals surface area contributed by atoms with Crippen molar-refractivity contribution < 1.29 is 4.39 Å². The van der Waals surface area contributed by atoms with Gasteiger partial charge in [0.25, 0.3) is 0 Å². The topological polar surface area (TPSA) is 15.3 Å². The van der Waals surface area contributed by atoms with Crippen molar-refractivity contribution in [3.05, 3.63) is 35.6 Å². The molecule has 1 aliphatic heterocycles. The summed E-state index contributed by atoms with van der Waals surface area (Å²) >= 11 is 0. The lowest BCUT2D eigenvalue weighted by Gasteiger charge is -2.37. The third-order valence-corrected chi connectivity index (χ3v) is 5.06. The summed E-state index contributed by atoms with van der Waals surface area (Å²) < 4.78 is 13.1. The molecule has 3 rings (SSSR count). The number of nitrogens with zero attached hydrogens (tertiary/aromatic N) is 1. The number of hydrogen-bond donors (Lipinski definition) is 1. The van der Waals surface area contributed by atoms with E-state index in [1.807, 2.05) is 12.1 Å². The molecule has 2 aliphatic rings. The van der Waals surface area contributed by atoms with Crippen molar-refractivity contribution in [2.75, 3.05) is 19.6 Å². The molecule has 1 aliphatic carbocycles. The van der Waals surface area contributed by atoms with Gasteiger partial charge in [0.15, 0.2) is 0 Å². The zero-order valence-corrected chi connectivity index (χ0v) is 12.5. The van der Waals surface area contributed by atoms with Crippen molar-refractivity contribution in [1.82, 2.24) is 10.2 Å². The summed E-state index contributed by atoms with van der Waals surface area (Å²) in [6, 6.07) is 7.34. The van der Waals surface area contributed by atoms with Gasteiger partial charge >= 0.3 is 0 Å². The highest BCUT2D eigenvalue weighted by Gasteiger charge is 2.43. The summed E-state index contributed by atoms with van der Waals surface area (Å²) in [5.74, 6) is 0.685. The first-order chi connectivity index (χ1) is 9.58. The van der Waals surface area contributed by atoms with Crippen molar-refractivity contribution in [2.24, 2.45) is 5.92 Å². The monoisotopic (exact) mass is 276 g/mol. The highest BCUT2D eigenvalue weighted by atomic mass is 19.1. The van der Waals surface area contributed by atoms with E-state index in [2.05, 4.69) is 24.1 Å². The van der Waals surface area contributed by atoms with Crippen LogP contribution >= 0.6 is 0 Å². The maximum absolute atomic E-state index is 13.1. The van der Waals surface area contributed by atoms with Crippen molar-refractivity contribution in [3.63, 3.8) is 0 Å². The summed E-state index contributed by atoms with van der Waals surface area (Å²) in [6.07, 6.45) is 3.92. The van der Waals surface area contributed by atoms with Gasteiger partial charge in [-0.1, -0.05) is 12.1 Å². The van der Waals surface area contributed by atoms with Gasteiger partial charge in [-0.05, 0) is 63.3 Å². The normalized spacial score (nSPS) is 29.9. The second-order valence-corrected chi connectivity index (χ2v) is 6.67. The van der Waals surface area contributed by atoms with E-state index in [0.29, 0.717) is 6.04 Å². The molecule has 2 unspecified atom stereocenters. The molecule has 0 radical (unpaired) electrons. The van der Waals surface area contributed by atoms with Gasteiger partial charge in [-0.25, -0.2) is 4.39 Å². The quantitative estimate of drug-likeness (QED) is 0.911. The third-order valence-electron chi connectivity index (χ3n) is 5.06. The summed E-state index contributed by atoms with van der Waals surface area (Å²) in [6.45, 7) is 7.94. The van der Waals surface area contributed by atoms with Crippen LogP contribution in [-0.2, 0) is 0 Å². The summed E-state index contributed by atoms with van der Waals surface area (Å²) in [4.78, 5) is 2.56. The fourth-order valence-corrected chi connectivity index (χ4v) is 3.49. The van der Waals surface area contributed by atoms with E-state index in [9.17, 15) is 4.39 Å². The molecular formula is C17H25FN2. The highest BCUT2D eigenvalue weighted by Crippen LogP contribution is 2.41. The van der Waals surface area contributed by atoms with E-state index in [1.165, 1.54) is 24.8 Å². The predicted molar refractivity (Wildman–Crippen MR) is 80.1 cm³/mol. The van der Waals surface area contributed by atoms with E-state index in [-0.39, 0.29) is 11.4 Å². The van der Waals surface area contributed by atoms with Crippen molar-refractivity contribution in [1.29, 1.82) is 0 Å². The molecule has 0 aromatic heterocycles. The number of halogens is 1. The molecule has 1 aromatic rings. The number of benzene rings is 1. The maximum Gasteiger partial charge on any atom is 0.123 e. The molecular weight excluding hydrogens is 251 g/mol. The lowest BCUT2D eigenvalue weighted by Crippen LogP contribution is -2.51. The van der Waals surface area contributed by atoms with Gasteiger partial charge < -0.3 is 5.32 Å². The Balaban J connectivity index is 1.75. The lowest BCUT2D eigenvalue weighted by molar-refractivity contribution is 0.159. The molecule has 3 heteroatoms. The van der Waals surface area contributed by atoms with Crippen LogP contribution < -0.4 is 5.32 Å². The zero-order valence-electron chi connectivity index (χ0n) is 12.5. The molecule has 2 nitrogen and oxygen atoms in total. The second-order valence-electron chi connectivity index (χ2n) is 6.67. The Morgan fingerprint density at radius 1 is 1.30 bits per heavy atom. The van der Waals surface area contributed by atoms with Crippen LogP contribution in [0.25, 0.3) is 0 Å². The first-order valence-corrected chi connectivity index (χ1v) is 7.83. The SMILES string of the molecule is CC(c1ccc(F)cc1)N1CCCNC(C)(C2CC2)C1. The Morgan fingerprint density at radius 2 is 2.00 bits per heavy atom. The number of rotatable bonds is 3. The Bertz CT molecular complexity index is 455. The molecule has 0 amide bonds. The van der Waals surface area contributed by atoms with E-state index in [1.54, 1.807) is 12.1 Å². The minimum atomic E-state index is -0.152. The van der Waals surface area contributed by atoms with Crippen LogP contribution in [0, 0.1) is 11.7 Å². The fraction of sp³-hybridized carbons (Fsp3) is 0.647. The Kier molecular flexibility index (Phi) is 3.83. The highest BCUT2D eigenvalue weighted by molar-refractivity contribution is 5.20. The summed E-state index contributed by atoms with van der Waals surface area (Å²) in [5, 5.41) is 3.76. The zero-order chi connectivity index (χ0) is 14.2. The van der Waals surface area contributed by atoms with Crippen molar-refractivity contribution in [2.45, 2.75) is 44.7 Å². The van der Waals surface area contributed by atoms with Crippen LogP contribution in [0.3, 0.4) is 0 Å². The van der Waals surface area contributed by atoms with Crippen LogP contribution in [0.1, 0.15) is 44.7 Å². The molecule has 0 bridgehead atoms. The van der Waals surface area contributed by atoms with Crippen LogP contribution in [0.15, 0.2) is 24.3 Å². The molecule has 1 saturated carbocycles. The lowest BCUT2D eigenvalue weighted by atomic mass is 9.94. The van der Waals surface area contributed by atoms with Gasteiger partial charge in [-0.2, -0.15) is 0 Å². The minimum absolute atomic E-state index is 0.152. The first-order valence-electron chi connectivity index (χ1n) is 7.83. The van der Waals surface area contributed by atoms with Crippen molar-refractivity contribution in [3.8, 4) is 0 Å². The van der Waals surface area contributed by atoms with Crippen LogP contribution in [0.4, 0.5) is 4.39 Å². The molecule has 0 spiro atoms. The summed E-state index contributed by atoms with van der Waals surface area (Å²) in [7, 11) is 0. The van der Waals surface area contributed by atoms with Crippen LogP contribution in [0.2, 0.25) is 0 Å². The van der Waals surface area contributed by atoms with Gasteiger partial charge in [0, 0.05) is 24.7 Å². The third kappa shape index (κ3) is 2.89. The molecule has 2 atom stereocenters. The summed E-state index contributed by atoms with van der Waals surface area (Å²) in [5.41, 5.74) is 1.47. The van der Waals surface area contributed by atoms with Gasteiger partial charge in [0.05, 0.1) is 0 Å². The second kappa shape index (κ2) is 5.45. The van der Waals surface area contributed by atoms with Crippen molar-refractivity contribution >= 4 is 0 Å². The van der Waals surface area contributed by atoms with E-state index < -0.39 is 0 Å². The van der Waals surface area contributed by atoms with E-state index in [0.717, 1.165) is 25.6 Å². The fourth-order valence-electron chi connectivity index (χ4n) is 3.49. The van der Waals surface area contributed by atoms with Gasteiger partial charge in [0.1, 0.15) is 5.82 Å². The Morgan fingerprint density at radius 3 is 2.65 bits per heavy atom. The smallest absolute Gasteiger partial charge is 0.123 e. The Labute approximate surface area is 121 Å². The average molecular weight is 276 g/mol. The van der Waals surface area contributed by atoms with E-state index in [4.69, 9.17) is 0 Å². The largest absolute Gasteiger partial charge is 0.310 e. The minimum Gasteiger partial charge on any atom is -0.310 e. The molecule has 2 fully saturated rings. The predicted octanol–water partition coefficient (Wildman–Crippen LogP) is 3.35. The molecule has 1 heterocycles. The molecule has 1 saturated heterocycles. The first kappa shape index (κ1) is 14.0. The van der Waals surface area contributed by atoms with Gasteiger partial charge in [-0.15, -0.1) is 0 Å².